The highest BCUT2D eigenvalue weighted by Gasteiger charge is 2.25. The molecule has 1 fully saturated rings. The first kappa shape index (κ1) is 17.7. The van der Waals surface area contributed by atoms with E-state index >= 15 is 0 Å². The van der Waals surface area contributed by atoms with Gasteiger partial charge < -0.3 is 10.2 Å². The van der Waals surface area contributed by atoms with E-state index < -0.39 is 4.92 Å². The van der Waals surface area contributed by atoms with Crippen LogP contribution in [0.2, 0.25) is 0 Å². The minimum atomic E-state index is -0.424. The van der Waals surface area contributed by atoms with Crippen molar-refractivity contribution in [2.24, 2.45) is 5.92 Å². The SMILES string of the molecule is CNCCC1CCN(C(=O)c2ccc(SC)c([N+](=O)[O-])c2)CC1. The molecule has 1 saturated heterocycles. The predicted molar refractivity (Wildman–Crippen MR) is 92.0 cm³/mol. The molecule has 0 atom stereocenters. The zero-order valence-electron chi connectivity index (χ0n) is 13.6. The topological polar surface area (TPSA) is 75.5 Å². The van der Waals surface area contributed by atoms with E-state index in [1.54, 1.807) is 18.4 Å². The van der Waals surface area contributed by atoms with Crippen LogP contribution in [0.3, 0.4) is 0 Å². The molecular formula is C16H23N3O3S. The number of amides is 1. The molecule has 23 heavy (non-hydrogen) atoms. The predicted octanol–water partition coefficient (Wildman–Crippen LogP) is 2.78. The van der Waals surface area contributed by atoms with Gasteiger partial charge in [0.25, 0.3) is 11.6 Å². The maximum atomic E-state index is 12.6. The number of thioether (sulfide) groups is 1. The molecule has 0 aromatic heterocycles. The Balaban J connectivity index is 2.04. The zero-order chi connectivity index (χ0) is 16.8. The van der Waals surface area contributed by atoms with Crippen LogP contribution in [0.4, 0.5) is 5.69 Å². The molecule has 1 amide bonds. The van der Waals surface area contributed by atoms with Crippen LogP contribution < -0.4 is 5.32 Å². The molecule has 6 nitrogen and oxygen atoms in total. The van der Waals surface area contributed by atoms with Crippen LogP contribution in [0.1, 0.15) is 29.6 Å². The zero-order valence-corrected chi connectivity index (χ0v) is 14.4. The summed E-state index contributed by atoms with van der Waals surface area (Å²) < 4.78 is 0. The lowest BCUT2D eigenvalue weighted by atomic mass is 9.93. The van der Waals surface area contributed by atoms with Crippen molar-refractivity contribution in [1.29, 1.82) is 0 Å². The van der Waals surface area contributed by atoms with Gasteiger partial charge in [-0.2, -0.15) is 0 Å². The van der Waals surface area contributed by atoms with Crippen molar-refractivity contribution in [3.8, 4) is 0 Å². The summed E-state index contributed by atoms with van der Waals surface area (Å²) in [5, 5.41) is 14.3. The van der Waals surface area contributed by atoms with Gasteiger partial charge >= 0.3 is 0 Å². The van der Waals surface area contributed by atoms with Crippen molar-refractivity contribution in [2.75, 3.05) is 32.9 Å². The molecule has 2 rings (SSSR count). The standard InChI is InChI=1S/C16H23N3O3S/c1-17-8-5-12-6-9-18(10-7-12)16(20)13-3-4-15(23-2)14(11-13)19(21)22/h3-4,11-12,17H,5-10H2,1-2H3. The average Bonchev–Trinajstić information content (AvgIpc) is 2.59. The van der Waals surface area contributed by atoms with Gasteiger partial charge in [0.1, 0.15) is 0 Å². The molecule has 1 aromatic rings. The van der Waals surface area contributed by atoms with E-state index in [1.807, 2.05) is 11.9 Å². The van der Waals surface area contributed by atoms with Crippen molar-refractivity contribution in [1.82, 2.24) is 10.2 Å². The van der Waals surface area contributed by atoms with Gasteiger partial charge in [-0.3, -0.25) is 14.9 Å². The number of piperidine rings is 1. The molecule has 1 N–H and O–H groups in total. The lowest BCUT2D eigenvalue weighted by Crippen LogP contribution is -2.39. The Morgan fingerprint density at radius 3 is 2.70 bits per heavy atom. The molecule has 0 unspecified atom stereocenters. The summed E-state index contributed by atoms with van der Waals surface area (Å²) in [6, 6.07) is 4.76. The maximum Gasteiger partial charge on any atom is 0.283 e. The highest BCUT2D eigenvalue weighted by atomic mass is 32.2. The van der Waals surface area contributed by atoms with Gasteiger partial charge in [-0.05, 0) is 57.2 Å². The second-order valence-electron chi connectivity index (χ2n) is 5.77. The Morgan fingerprint density at radius 2 is 2.13 bits per heavy atom. The number of rotatable bonds is 6. The Morgan fingerprint density at radius 1 is 1.43 bits per heavy atom. The summed E-state index contributed by atoms with van der Waals surface area (Å²) >= 11 is 1.32. The van der Waals surface area contributed by atoms with Crippen LogP contribution >= 0.6 is 11.8 Å². The molecular weight excluding hydrogens is 314 g/mol. The largest absolute Gasteiger partial charge is 0.339 e. The number of nitro groups is 1. The summed E-state index contributed by atoms with van der Waals surface area (Å²) in [7, 11) is 1.95. The molecule has 1 heterocycles. The molecule has 0 radical (unpaired) electrons. The number of benzene rings is 1. The normalized spacial score (nSPS) is 15.7. The third-order valence-corrected chi connectivity index (χ3v) is 5.11. The highest BCUT2D eigenvalue weighted by Crippen LogP contribution is 2.29. The van der Waals surface area contributed by atoms with Gasteiger partial charge in [0.05, 0.1) is 9.82 Å². The van der Waals surface area contributed by atoms with E-state index in [4.69, 9.17) is 0 Å². The van der Waals surface area contributed by atoms with Crippen LogP contribution in [0.15, 0.2) is 23.1 Å². The number of carbonyl (C=O) groups excluding carboxylic acids is 1. The lowest BCUT2D eigenvalue weighted by Gasteiger charge is -2.32. The summed E-state index contributed by atoms with van der Waals surface area (Å²) in [5.74, 6) is 0.549. The van der Waals surface area contributed by atoms with Gasteiger partial charge in [0.2, 0.25) is 0 Å². The number of nitrogens with one attached hydrogen (secondary N) is 1. The maximum absolute atomic E-state index is 12.6. The van der Waals surface area contributed by atoms with Crippen molar-refractivity contribution in [3.05, 3.63) is 33.9 Å². The lowest BCUT2D eigenvalue weighted by molar-refractivity contribution is -0.387. The second-order valence-corrected chi connectivity index (χ2v) is 6.62. The van der Waals surface area contributed by atoms with E-state index in [2.05, 4.69) is 5.32 Å². The number of nitrogens with zero attached hydrogens (tertiary/aromatic N) is 2. The van der Waals surface area contributed by atoms with Crippen LogP contribution in [0.5, 0.6) is 0 Å². The number of carbonyl (C=O) groups is 1. The molecule has 0 bridgehead atoms. The Kier molecular flexibility index (Phi) is 6.41. The van der Waals surface area contributed by atoms with E-state index in [0.717, 1.165) is 38.9 Å². The number of nitro benzene ring substituents is 1. The molecule has 1 aliphatic rings. The van der Waals surface area contributed by atoms with Crippen molar-refractivity contribution < 1.29 is 9.72 Å². The van der Waals surface area contributed by atoms with Gasteiger partial charge in [-0.1, -0.05) is 0 Å². The van der Waals surface area contributed by atoms with E-state index in [0.29, 0.717) is 16.4 Å². The first-order chi connectivity index (χ1) is 11.1. The molecule has 0 aliphatic carbocycles. The van der Waals surface area contributed by atoms with Crippen LogP contribution in [-0.2, 0) is 0 Å². The van der Waals surface area contributed by atoms with Gasteiger partial charge in [-0.25, -0.2) is 0 Å². The fourth-order valence-corrected chi connectivity index (χ4v) is 3.47. The highest BCUT2D eigenvalue weighted by molar-refractivity contribution is 7.98. The van der Waals surface area contributed by atoms with E-state index in [1.165, 1.54) is 17.8 Å². The Hall–Kier alpha value is -1.60. The number of hydrogen-bond acceptors (Lipinski definition) is 5. The van der Waals surface area contributed by atoms with E-state index in [-0.39, 0.29) is 11.6 Å². The molecule has 126 valence electrons. The number of hydrogen-bond donors (Lipinski definition) is 1. The molecule has 0 saturated carbocycles. The molecule has 1 aliphatic heterocycles. The van der Waals surface area contributed by atoms with Crippen LogP contribution in [0, 0.1) is 16.0 Å². The van der Waals surface area contributed by atoms with Crippen LogP contribution in [0.25, 0.3) is 0 Å². The van der Waals surface area contributed by atoms with Gasteiger partial charge in [0.15, 0.2) is 0 Å². The van der Waals surface area contributed by atoms with Crippen molar-refractivity contribution >= 4 is 23.4 Å². The third kappa shape index (κ3) is 4.45. The third-order valence-electron chi connectivity index (χ3n) is 4.33. The van der Waals surface area contributed by atoms with Crippen molar-refractivity contribution in [3.63, 3.8) is 0 Å². The van der Waals surface area contributed by atoms with Crippen LogP contribution in [-0.4, -0.2) is 48.7 Å². The van der Waals surface area contributed by atoms with Gasteiger partial charge in [0, 0.05) is 24.7 Å². The minimum absolute atomic E-state index is 0.00672. The molecule has 0 spiro atoms. The summed E-state index contributed by atoms with van der Waals surface area (Å²) in [6.45, 7) is 2.46. The summed E-state index contributed by atoms with van der Waals surface area (Å²) in [5.41, 5.74) is 0.412. The van der Waals surface area contributed by atoms with Gasteiger partial charge in [-0.15, -0.1) is 11.8 Å². The first-order valence-electron chi connectivity index (χ1n) is 7.83. The Labute approximate surface area is 140 Å². The quantitative estimate of drug-likeness (QED) is 0.491. The minimum Gasteiger partial charge on any atom is -0.339 e. The Bertz CT molecular complexity index is 572. The number of likely N-dealkylation sites (tertiary alicyclic amines) is 1. The fourth-order valence-electron chi connectivity index (χ4n) is 2.92. The first-order valence-corrected chi connectivity index (χ1v) is 9.05. The smallest absolute Gasteiger partial charge is 0.283 e. The summed E-state index contributed by atoms with van der Waals surface area (Å²) in [4.78, 5) is 25.7. The monoisotopic (exact) mass is 337 g/mol. The average molecular weight is 337 g/mol. The molecule has 7 heteroatoms. The second kappa shape index (κ2) is 8.31. The molecule has 1 aromatic carbocycles. The van der Waals surface area contributed by atoms with Crippen molar-refractivity contribution in [2.45, 2.75) is 24.2 Å². The summed E-state index contributed by atoms with van der Waals surface area (Å²) in [6.07, 6.45) is 4.92. The fraction of sp³-hybridized carbons (Fsp3) is 0.562. The van der Waals surface area contributed by atoms with E-state index in [9.17, 15) is 14.9 Å².